The van der Waals surface area contributed by atoms with Gasteiger partial charge in [0.2, 0.25) is 0 Å². The summed E-state index contributed by atoms with van der Waals surface area (Å²) in [5.74, 6) is 2.95. The molecule has 0 spiro atoms. The first-order chi connectivity index (χ1) is 4.09. The zero-order valence-corrected chi connectivity index (χ0v) is 4.59. The van der Waals surface area contributed by atoms with Gasteiger partial charge in [-0.3, -0.25) is 11.3 Å². The van der Waals surface area contributed by atoms with Crippen molar-refractivity contribution in [1.82, 2.24) is 5.43 Å². The Bertz CT molecular complexity index is 120. The summed E-state index contributed by atoms with van der Waals surface area (Å²) in [4.78, 5) is 10.0. The van der Waals surface area contributed by atoms with Gasteiger partial charge in [0.1, 0.15) is 5.84 Å². The fourth-order valence-corrected chi connectivity index (χ4v) is 0.294. The molecule has 0 rings (SSSR count). The Morgan fingerprint density at radius 3 is 2.22 bits per heavy atom. The first kappa shape index (κ1) is 7.86. The molecule has 0 radical (unpaired) electrons. The van der Waals surface area contributed by atoms with Gasteiger partial charge in [-0.15, -0.1) is 0 Å². The third-order valence-electron chi connectivity index (χ3n) is 0.725. The molecular formula is C3H8N4O2. The molecule has 0 heterocycles. The van der Waals surface area contributed by atoms with E-state index in [0.717, 1.165) is 0 Å². The largest absolute Gasteiger partial charge is 0.480 e. The summed E-state index contributed by atoms with van der Waals surface area (Å²) in [7, 11) is 0. The van der Waals surface area contributed by atoms with Gasteiger partial charge in [0, 0.05) is 0 Å². The smallest absolute Gasteiger partial charge is 0.329 e. The van der Waals surface area contributed by atoms with E-state index in [9.17, 15) is 4.79 Å². The third kappa shape index (κ3) is 2.06. The maximum absolute atomic E-state index is 10.0. The minimum absolute atomic E-state index is 0.509. The summed E-state index contributed by atoms with van der Waals surface area (Å²) < 4.78 is 0. The third-order valence-corrected chi connectivity index (χ3v) is 0.725. The highest BCUT2D eigenvalue weighted by molar-refractivity contribution is 6.01. The number of nitrogens with two attached hydrogens (primary N) is 2. The van der Waals surface area contributed by atoms with E-state index in [-0.39, 0.29) is 0 Å². The number of carbonyl (C=O) groups is 1. The number of rotatable bonds is 3. The first-order valence-corrected chi connectivity index (χ1v) is 2.12. The van der Waals surface area contributed by atoms with E-state index in [1.165, 1.54) is 0 Å². The van der Waals surface area contributed by atoms with Gasteiger partial charge in [-0.1, -0.05) is 0 Å². The topological polar surface area (TPSA) is 125 Å². The number of amidine groups is 1. The van der Waals surface area contributed by atoms with E-state index in [0.29, 0.717) is 0 Å². The van der Waals surface area contributed by atoms with Crippen LogP contribution in [0, 0.1) is 5.41 Å². The van der Waals surface area contributed by atoms with Gasteiger partial charge in [0.25, 0.3) is 0 Å². The van der Waals surface area contributed by atoms with Crippen LogP contribution < -0.4 is 17.0 Å². The number of hydrogen-bond donors (Lipinski definition) is 5. The second kappa shape index (κ2) is 3.00. The molecule has 6 heteroatoms. The highest BCUT2D eigenvalue weighted by atomic mass is 16.4. The van der Waals surface area contributed by atoms with Gasteiger partial charge in [-0.05, 0) is 0 Å². The van der Waals surface area contributed by atoms with E-state index in [1.807, 2.05) is 5.43 Å². The Kier molecular flexibility index (Phi) is 2.62. The quantitative estimate of drug-likeness (QED) is 0.129. The molecule has 0 saturated carbocycles. The van der Waals surface area contributed by atoms with Crippen LogP contribution >= 0.6 is 0 Å². The van der Waals surface area contributed by atoms with Gasteiger partial charge in [-0.2, -0.15) is 0 Å². The van der Waals surface area contributed by atoms with Crippen LogP contribution in [0.1, 0.15) is 0 Å². The van der Waals surface area contributed by atoms with E-state index in [1.54, 1.807) is 0 Å². The maximum Gasteiger partial charge on any atom is 0.329 e. The van der Waals surface area contributed by atoms with E-state index in [2.05, 4.69) is 0 Å². The predicted octanol–water partition coefficient (Wildman–Crippen LogP) is -2.16. The van der Waals surface area contributed by atoms with E-state index >= 15 is 0 Å². The Morgan fingerprint density at radius 2 is 2.22 bits per heavy atom. The number of carboxylic acid groups (broad SMARTS) is 1. The summed E-state index contributed by atoms with van der Waals surface area (Å²) in [6.07, 6.45) is 0. The van der Waals surface area contributed by atoms with Crippen LogP contribution in [0.3, 0.4) is 0 Å². The van der Waals surface area contributed by atoms with Crippen LogP contribution in [0.15, 0.2) is 0 Å². The Hall–Kier alpha value is -1.14. The highest BCUT2D eigenvalue weighted by Crippen LogP contribution is 1.77. The zero-order valence-electron chi connectivity index (χ0n) is 4.59. The summed E-state index contributed by atoms with van der Waals surface area (Å²) in [5, 5.41) is 14.8. The lowest BCUT2D eigenvalue weighted by Gasteiger charge is -2.06. The van der Waals surface area contributed by atoms with Gasteiger partial charge >= 0.3 is 5.97 Å². The van der Waals surface area contributed by atoms with E-state index < -0.39 is 17.8 Å². The average Bonchev–Trinajstić information content (AvgIpc) is 1.64. The second-order valence-electron chi connectivity index (χ2n) is 1.39. The van der Waals surface area contributed by atoms with Crippen LogP contribution in [0.25, 0.3) is 0 Å². The van der Waals surface area contributed by atoms with Crippen molar-refractivity contribution in [3.63, 3.8) is 0 Å². The molecule has 6 nitrogen and oxygen atoms in total. The normalized spacial score (nSPS) is 12.6. The number of hydrazine groups is 1. The fraction of sp³-hybridized carbons (Fsp3) is 0.333. The predicted molar refractivity (Wildman–Crippen MR) is 30.7 cm³/mol. The lowest BCUT2D eigenvalue weighted by Crippen LogP contribution is -2.49. The molecule has 0 aromatic heterocycles. The van der Waals surface area contributed by atoms with Crippen molar-refractivity contribution in [2.75, 3.05) is 0 Å². The first-order valence-electron chi connectivity index (χ1n) is 2.12. The Balaban J connectivity index is 3.99. The van der Waals surface area contributed by atoms with Crippen molar-refractivity contribution in [2.45, 2.75) is 6.04 Å². The molecule has 0 aliphatic rings. The summed E-state index contributed by atoms with van der Waals surface area (Å²) in [6.45, 7) is 0. The minimum Gasteiger partial charge on any atom is -0.480 e. The zero-order chi connectivity index (χ0) is 7.44. The van der Waals surface area contributed by atoms with Crippen molar-refractivity contribution in [2.24, 2.45) is 11.6 Å². The Morgan fingerprint density at radius 1 is 1.78 bits per heavy atom. The molecule has 52 valence electrons. The Labute approximate surface area is 51.3 Å². The lowest BCUT2D eigenvalue weighted by molar-refractivity contribution is -0.137. The molecule has 7 N–H and O–H groups in total. The molecule has 0 aliphatic carbocycles. The standard InChI is InChI=1S/C3H8N4O2/c4-2(5)1(7-6)3(8)9/h1,7H,6H2,(H3,4,5)(H,8,9). The highest BCUT2D eigenvalue weighted by Gasteiger charge is 2.17. The molecular weight excluding hydrogens is 124 g/mol. The van der Waals surface area contributed by atoms with Crippen LogP contribution in [0.5, 0.6) is 0 Å². The molecule has 1 unspecified atom stereocenters. The number of aliphatic carboxylic acids is 1. The average molecular weight is 132 g/mol. The van der Waals surface area contributed by atoms with Crippen molar-refractivity contribution < 1.29 is 9.90 Å². The molecule has 0 aromatic rings. The number of hydrogen-bond acceptors (Lipinski definition) is 4. The molecule has 0 aromatic carbocycles. The van der Waals surface area contributed by atoms with Crippen molar-refractivity contribution >= 4 is 11.8 Å². The van der Waals surface area contributed by atoms with Crippen LogP contribution in [0.4, 0.5) is 0 Å². The van der Waals surface area contributed by atoms with Gasteiger partial charge < -0.3 is 10.8 Å². The van der Waals surface area contributed by atoms with Crippen LogP contribution in [-0.2, 0) is 4.79 Å². The van der Waals surface area contributed by atoms with E-state index in [4.69, 9.17) is 22.1 Å². The molecule has 0 bridgehead atoms. The lowest BCUT2D eigenvalue weighted by atomic mass is 10.3. The monoisotopic (exact) mass is 132 g/mol. The molecule has 0 amide bonds. The maximum atomic E-state index is 10.0. The number of carboxylic acids is 1. The molecule has 0 aliphatic heterocycles. The minimum atomic E-state index is -1.27. The van der Waals surface area contributed by atoms with Gasteiger partial charge in [0.05, 0.1) is 0 Å². The molecule has 1 atom stereocenters. The van der Waals surface area contributed by atoms with Crippen molar-refractivity contribution in [3.05, 3.63) is 0 Å². The van der Waals surface area contributed by atoms with Crippen LogP contribution in [-0.4, -0.2) is 23.0 Å². The summed E-state index contributed by atoms with van der Waals surface area (Å²) in [5.41, 5.74) is 6.66. The summed E-state index contributed by atoms with van der Waals surface area (Å²) in [6, 6.07) is -1.27. The molecule has 0 fully saturated rings. The fourth-order valence-electron chi connectivity index (χ4n) is 0.294. The van der Waals surface area contributed by atoms with Crippen molar-refractivity contribution in [3.8, 4) is 0 Å². The van der Waals surface area contributed by atoms with Crippen molar-refractivity contribution in [1.29, 1.82) is 5.41 Å². The van der Waals surface area contributed by atoms with Gasteiger partial charge in [-0.25, -0.2) is 10.2 Å². The SMILES string of the molecule is N=C(N)C(NN)C(=O)O. The molecule has 9 heavy (non-hydrogen) atoms. The van der Waals surface area contributed by atoms with Gasteiger partial charge in [0.15, 0.2) is 6.04 Å². The summed E-state index contributed by atoms with van der Waals surface area (Å²) >= 11 is 0. The second-order valence-corrected chi connectivity index (χ2v) is 1.39. The number of nitrogens with one attached hydrogen (secondary N) is 2. The van der Waals surface area contributed by atoms with Crippen LogP contribution in [0.2, 0.25) is 0 Å². The molecule has 0 saturated heterocycles.